The molecule has 13 heavy (non-hydrogen) atoms. The molecule has 2 heteroatoms. The van der Waals surface area contributed by atoms with Gasteiger partial charge in [-0.1, -0.05) is 0 Å². The third-order valence-electron chi connectivity index (χ3n) is 4.35. The van der Waals surface area contributed by atoms with Gasteiger partial charge in [-0.2, -0.15) is 0 Å². The van der Waals surface area contributed by atoms with Crippen molar-refractivity contribution < 1.29 is 4.79 Å². The molecule has 4 saturated carbocycles. The van der Waals surface area contributed by atoms with Crippen LogP contribution in [0.5, 0.6) is 0 Å². The topological polar surface area (TPSA) is 29.1 Å². The normalized spacial score (nSPS) is 52.2. The minimum absolute atomic E-state index is 0.177. The van der Waals surface area contributed by atoms with Gasteiger partial charge in [0.05, 0.1) is 0 Å². The van der Waals surface area contributed by atoms with Gasteiger partial charge in [-0.3, -0.25) is 4.79 Å². The van der Waals surface area contributed by atoms with Crippen molar-refractivity contribution in [2.45, 2.75) is 44.1 Å². The standard InChI is InChI=1S/C11H16NO/c13-7-12-11-4-8-1-9(5-11)3-10(2-8)6-11/h8-10H,1-6H2,(H,12,13). The lowest BCUT2D eigenvalue weighted by Crippen LogP contribution is -2.57. The van der Waals surface area contributed by atoms with Crippen LogP contribution < -0.4 is 5.32 Å². The zero-order valence-electron chi connectivity index (χ0n) is 7.88. The number of nitrogens with one attached hydrogen (secondary N) is 1. The van der Waals surface area contributed by atoms with Crippen LogP contribution in [0.1, 0.15) is 38.5 Å². The molecule has 0 aromatic rings. The molecule has 0 aromatic carbocycles. The molecule has 4 rings (SSSR count). The summed E-state index contributed by atoms with van der Waals surface area (Å²) in [7, 11) is 0. The Morgan fingerprint density at radius 3 is 1.85 bits per heavy atom. The summed E-state index contributed by atoms with van der Waals surface area (Å²) in [5.74, 6) is 2.73. The van der Waals surface area contributed by atoms with Gasteiger partial charge in [-0.15, -0.1) is 0 Å². The SMILES string of the molecule is O=[C]NC12CC3CC(CC(C3)C1)C2. The van der Waals surface area contributed by atoms with Gasteiger partial charge in [0.15, 0.2) is 0 Å². The third kappa shape index (κ3) is 1.11. The number of rotatable bonds is 2. The van der Waals surface area contributed by atoms with E-state index in [-0.39, 0.29) is 5.54 Å². The molecule has 2 nitrogen and oxygen atoms in total. The lowest BCUT2D eigenvalue weighted by molar-refractivity contribution is -0.0103. The average molecular weight is 178 g/mol. The van der Waals surface area contributed by atoms with Crippen LogP contribution in [-0.2, 0) is 4.79 Å². The molecular weight excluding hydrogens is 162 g/mol. The highest BCUT2D eigenvalue weighted by Gasteiger charge is 2.50. The summed E-state index contributed by atoms with van der Waals surface area (Å²) in [6, 6.07) is 0. The quantitative estimate of drug-likeness (QED) is 0.639. The maximum Gasteiger partial charge on any atom is 0.309 e. The van der Waals surface area contributed by atoms with Crippen LogP contribution in [0.4, 0.5) is 0 Å². The van der Waals surface area contributed by atoms with Crippen LogP contribution in [0, 0.1) is 17.8 Å². The van der Waals surface area contributed by atoms with E-state index in [1.54, 1.807) is 0 Å². The van der Waals surface area contributed by atoms with E-state index in [4.69, 9.17) is 0 Å². The van der Waals surface area contributed by atoms with E-state index in [9.17, 15) is 4.79 Å². The molecule has 0 unspecified atom stereocenters. The number of hydrogen-bond donors (Lipinski definition) is 1. The summed E-state index contributed by atoms with van der Waals surface area (Å²) < 4.78 is 0. The lowest BCUT2D eigenvalue weighted by atomic mass is 9.53. The van der Waals surface area contributed by atoms with Gasteiger partial charge < -0.3 is 5.32 Å². The smallest absolute Gasteiger partial charge is 0.309 e. The highest BCUT2D eigenvalue weighted by atomic mass is 16.1. The zero-order chi connectivity index (χ0) is 8.89. The van der Waals surface area contributed by atoms with Crippen LogP contribution in [0.25, 0.3) is 0 Å². The fourth-order valence-electron chi connectivity index (χ4n) is 4.37. The van der Waals surface area contributed by atoms with E-state index in [1.807, 2.05) is 6.41 Å². The predicted molar refractivity (Wildman–Crippen MR) is 49.7 cm³/mol. The Labute approximate surface area is 79.1 Å². The molecule has 0 heterocycles. The van der Waals surface area contributed by atoms with Gasteiger partial charge in [0.25, 0.3) is 0 Å². The first-order valence-corrected chi connectivity index (χ1v) is 5.44. The van der Waals surface area contributed by atoms with Crippen LogP contribution in [-0.4, -0.2) is 11.9 Å². The van der Waals surface area contributed by atoms with Crippen molar-refractivity contribution in [1.82, 2.24) is 5.32 Å². The van der Waals surface area contributed by atoms with Crippen molar-refractivity contribution in [3.05, 3.63) is 0 Å². The Morgan fingerprint density at radius 1 is 1.00 bits per heavy atom. The van der Waals surface area contributed by atoms with Gasteiger partial charge in [0.1, 0.15) is 0 Å². The second-order valence-corrected chi connectivity index (χ2v) is 5.42. The Bertz CT molecular complexity index is 201. The van der Waals surface area contributed by atoms with Gasteiger partial charge >= 0.3 is 6.41 Å². The monoisotopic (exact) mass is 178 g/mol. The molecule has 4 aliphatic carbocycles. The van der Waals surface area contributed by atoms with Crippen LogP contribution in [0.15, 0.2) is 0 Å². The third-order valence-corrected chi connectivity index (χ3v) is 4.35. The van der Waals surface area contributed by atoms with Gasteiger partial charge in [0.2, 0.25) is 0 Å². The minimum Gasteiger partial charge on any atom is -0.342 e. The zero-order valence-corrected chi connectivity index (χ0v) is 7.88. The molecule has 4 bridgehead atoms. The van der Waals surface area contributed by atoms with Crippen molar-refractivity contribution in [1.29, 1.82) is 0 Å². The average Bonchev–Trinajstić information content (AvgIpc) is 2.00. The van der Waals surface area contributed by atoms with Crippen molar-refractivity contribution in [3.63, 3.8) is 0 Å². The highest BCUT2D eigenvalue weighted by Crippen LogP contribution is 2.55. The lowest BCUT2D eigenvalue weighted by Gasteiger charge is -2.56. The van der Waals surface area contributed by atoms with E-state index in [0.717, 1.165) is 17.8 Å². The summed E-state index contributed by atoms with van der Waals surface area (Å²) in [6.45, 7) is 0. The first-order chi connectivity index (χ1) is 6.30. The van der Waals surface area contributed by atoms with Crippen molar-refractivity contribution in [2.24, 2.45) is 17.8 Å². The van der Waals surface area contributed by atoms with E-state index < -0.39 is 0 Å². The summed E-state index contributed by atoms with van der Waals surface area (Å²) in [6.07, 6.45) is 9.91. The van der Waals surface area contributed by atoms with Gasteiger partial charge in [-0.05, 0) is 56.3 Å². The molecule has 0 atom stereocenters. The van der Waals surface area contributed by atoms with E-state index in [1.165, 1.54) is 38.5 Å². The van der Waals surface area contributed by atoms with E-state index in [2.05, 4.69) is 5.32 Å². The molecule has 4 aliphatic rings. The van der Waals surface area contributed by atoms with Crippen molar-refractivity contribution in [2.75, 3.05) is 0 Å². The molecule has 1 amide bonds. The van der Waals surface area contributed by atoms with Crippen LogP contribution in [0.2, 0.25) is 0 Å². The second kappa shape index (κ2) is 2.49. The molecule has 0 saturated heterocycles. The van der Waals surface area contributed by atoms with E-state index >= 15 is 0 Å². The molecule has 0 spiro atoms. The van der Waals surface area contributed by atoms with Crippen LogP contribution >= 0.6 is 0 Å². The minimum atomic E-state index is 0.177. The summed E-state index contributed by atoms with van der Waals surface area (Å²) in [4.78, 5) is 10.5. The first-order valence-electron chi connectivity index (χ1n) is 5.44. The van der Waals surface area contributed by atoms with Gasteiger partial charge in [0, 0.05) is 5.54 Å². The Kier molecular flexibility index (Phi) is 1.50. The fraction of sp³-hybridized carbons (Fsp3) is 0.909. The number of carbonyl (C=O) groups excluding carboxylic acids is 1. The molecule has 0 aromatic heterocycles. The number of hydrogen-bond acceptors (Lipinski definition) is 1. The molecular formula is C11H16NO. The first kappa shape index (κ1) is 7.84. The largest absolute Gasteiger partial charge is 0.342 e. The second-order valence-electron chi connectivity index (χ2n) is 5.42. The fourth-order valence-corrected chi connectivity index (χ4v) is 4.37. The number of amides is 1. The van der Waals surface area contributed by atoms with Crippen molar-refractivity contribution >= 4 is 6.41 Å². The summed E-state index contributed by atoms with van der Waals surface area (Å²) in [5, 5.41) is 2.98. The maximum absolute atomic E-state index is 10.5. The molecule has 71 valence electrons. The Morgan fingerprint density at radius 2 is 1.46 bits per heavy atom. The predicted octanol–water partition coefficient (Wildman–Crippen LogP) is 1.61. The molecule has 1 N–H and O–H groups in total. The molecule has 0 aliphatic heterocycles. The maximum atomic E-state index is 10.5. The Hall–Kier alpha value is -0.530. The van der Waals surface area contributed by atoms with Gasteiger partial charge in [-0.25, -0.2) is 0 Å². The highest BCUT2D eigenvalue weighted by molar-refractivity contribution is 5.49. The summed E-state index contributed by atoms with van der Waals surface area (Å²) in [5.41, 5.74) is 0.177. The molecule has 1 radical (unpaired) electrons. The molecule has 4 fully saturated rings. The van der Waals surface area contributed by atoms with E-state index in [0.29, 0.717) is 0 Å². The van der Waals surface area contributed by atoms with Crippen LogP contribution in [0.3, 0.4) is 0 Å². The Balaban J connectivity index is 1.87. The summed E-state index contributed by atoms with van der Waals surface area (Å²) >= 11 is 0. The van der Waals surface area contributed by atoms with Crippen molar-refractivity contribution in [3.8, 4) is 0 Å².